The van der Waals surface area contributed by atoms with Gasteiger partial charge in [-0.25, -0.2) is 0 Å². The minimum Gasteiger partial charge on any atom is -0.438 e. The molecule has 1 heterocycles. The van der Waals surface area contributed by atoms with Crippen molar-refractivity contribution in [3.63, 3.8) is 0 Å². The van der Waals surface area contributed by atoms with Crippen molar-refractivity contribution in [3.8, 4) is 5.88 Å². The van der Waals surface area contributed by atoms with Crippen LogP contribution in [0.5, 0.6) is 5.88 Å². The predicted molar refractivity (Wildman–Crippen MR) is 240 cm³/mol. The number of para-hydroxylation sites is 1. The lowest BCUT2D eigenvalue weighted by Gasteiger charge is -2.46. The first-order valence-corrected chi connectivity index (χ1v) is 22.0. The average Bonchev–Trinajstić information content (AvgIpc) is 2.97. The van der Waals surface area contributed by atoms with Gasteiger partial charge in [0.15, 0.2) is 6.73 Å². The average molecular weight is 1180 g/mol. The molecular formula is C50H27BF24N4O2. The van der Waals surface area contributed by atoms with E-state index in [9.17, 15) is 110 Å². The maximum atomic E-state index is 14.2. The lowest BCUT2D eigenvalue weighted by atomic mass is 9.12. The molecule has 0 aliphatic carbocycles. The molecular weight excluding hydrogens is 1160 g/mol. The van der Waals surface area contributed by atoms with E-state index in [4.69, 9.17) is 10.3 Å². The number of ether oxygens (including phenoxy) is 1. The summed E-state index contributed by atoms with van der Waals surface area (Å²) in [6, 6.07) is 11.7. The number of benzene rings is 6. The second-order valence-electron chi connectivity index (χ2n) is 17.3. The summed E-state index contributed by atoms with van der Waals surface area (Å²) in [4.78, 5) is 15.3. The van der Waals surface area contributed by atoms with Crippen LogP contribution in [0.2, 0.25) is 0 Å². The number of aromatic nitrogens is 1. The first-order chi connectivity index (χ1) is 37.1. The highest BCUT2D eigenvalue weighted by atomic mass is 19.4. The van der Waals surface area contributed by atoms with Crippen LogP contribution >= 0.6 is 0 Å². The minimum absolute atomic E-state index is 0.0226. The molecule has 7 aromatic rings. The summed E-state index contributed by atoms with van der Waals surface area (Å²) in [5.41, 5.74) is -20.3. The summed E-state index contributed by atoms with van der Waals surface area (Å²) in [6.07, 6.45) is -54.8. The van der Waals surface area contributed by atoms with Gasteiger partial charge < -0.3 is 4.74 Å². The number of azide groups is 1. The van der Waals surface area contributed by atoms with E-state index in [0.717, 1.165) is 10.9 Å². The van der Waals surface area contributed by atoms with Crippen LogP contribution < -0.4 is 31.2 Å². The summed E-state index contributed by atoms with van der Waals surface area (Å²) >= 11 is 0. The van der Waals surface area contributed by atoms with E-state index in [-0.39, 0.29) is 19.1 Å². The standard InChI is InChI=1S/C32H12BF24.C18H15N4O2/c34-25(35,36)13-1-14(26(37,38)39)6-21(5-13)33(22-7-15(27(40,41)42)2-16(8-22)28(43,44)45,23-9-17(29(46,47)48)3-18(10-23)30(49,50)51)24-11-19(31(52,53)54)4-20(12-24)32(55,56)57;19-21-20-13-24-18-11-10-14-6-4-5-9-16(14)22(18)12-17(23)15-7-2-1-3-8-15/h1-12H;1-11H,12-13H2/q-1;+1. The molecule has 6 nitrogen and oxygen atoms in total. The molecule has 6 aromatic carbocycles. The Hall–Kier alpha value is -8.11. The molecule has 0 saturated carbocycles. The second kappa shape index (κ2) is 22.1. The summed E-state index contributed by atoms with van der Waals surface area (Å²) < 4.78 is 348. The van der Waals surface area contributed by atoms with Crippen LogP contribution in [0.25, 0.3) is 21.3 Å². The molecule has 0 aliphatic heterocycles. The van der Waals surface area contributed by atoms with Gasteiger partial charge in [-0.05, 0) is 41.9 Å². The smallest absolute Gasteiger partial charge is 0.416 e. The van der Waals surface area contributed by atoms with E-state index in [1.807, 2.05) is 48.5 Å². The predicted octanol–water partition coefficient (Wildman–Crippen LogP) is 14.9. The maximum Gasteiger partial charge on any atom is 0.416 e. The van der Waals surface area contributed by atoms with Crippen molar-refractivity contribution in [1.29, 1.82) is 0 Å². The molecule has 0 amide bonds. The first-order valence-electron chi connectivity index (χ1n) is 22.0. The van der Waals surface area contributed by atoms with Gasteiger partial charge in [0, 0.05) is 21.9 Å². The highest BCUT2D eigenvalue weighted by Gasteiger charge is 2.47. The van der Waals surface area contributed by atoms with Crippen LogP contribution in [0.4, 0.5) is 105 Å². The van der Waals surface area contributed by atoms with Crippen molar-refractivity contribution in [3.05, 3.63) is 200 Å². The van der Waals surface area contributed by atoms with Crippen molar-refractivity contribution in [2.24, 2.45) is 5.11 Å². The number of Topliss-reactive ketones (excluding diaryl/α,β-unsaturated/α-hetero) is 1. The van der Waals surface area contributed by atoms with E-state index in [2.05, 4.69) is 10.0 Å². The molecule has 0 bridgehead atoms. The maximum absolute atomic E-state index is 14.2. The number of hydrogen-bond acceptors (Lipinski definition) is 3. The fourth-order valence-electron chi connectivity index (χ4n) is 8.58. The molecule has 7 rings (SSSR count). The van der Waals surface area contributed by atoms with Crippen molar-refractivity contribution >= 4 is 44.7 Å². The SMILES string of the molecule is FC(F)(F)c1cc([B-](c2cc(C(F)(F)F)cc(C(F)(F)F)c2)(c2cc(C(F)(F)F)cc(C(F)(F)F)c2)c2cc(C(F)(F)F)cc(C(F)(F)F)c2)cc(C(F)(F)F)c1.[N-]=[N+]=NCOc1ccc2ccccc2[n+]1CC(=O)c1ccccc1. The Morgan fingerprint density at radius 1 is 0.420 bits per heavy atom. The van der Waals surface area contributed by atoms with Gasteiger partial charge in [-0.1, -0.05) is 96.1 Å². The Morgan fingerprint density at radius 2 is 0.716 bits per heavy atom. The third kappa shape index (κ3) is 14.3. The first kappa shape index (κ1) is 62.1. The zero-order chi connectivity index (χ0) is 60.7. The van der Waals surface area contributed by atoms with Gasteiger partial charge >= 0.3 is 55.3 Å². The number of fused-ring (bicyclic) bond motifs is 1. The molecule has 0 spiro atoms. The molecule has 1 aromatic heterocycles. The Kier molecular flexibility index (Phi) is 16.9. The number of pyridine rings is 1. The van der Waals surface area contributed by atoms with Crippen LogP contribution in [0, 0.1) is 0 Å². The van der Waals surface area contributed by atoms with Gasteiger partial charge in [0.1, 0.15) is 6.15 Å². The van der Waals surface area contributed by atoms with E-state index >= 15 is 0 Å². The Bertz CT molecular complexity index is 3060. The fraction of sp³-hybridized carbons (Fsp3) is 0.200. The number of rotatable bonds is 10. The molecule has 0 radical (unpaired) electrons. The Labute approximate surface area is 437 Å². The van der Waals surface area contributed by atoms with Crippen molar-refractivity contribution in [2.75, 3.05) is 6.73 Å². The lowest BCUT2D eigenvalue weighted by Crippen LogP contribution is -2.75. The van der Waals surface area contributed by atoms with Crippen molar-refractivity contribution in [1.82, 2.24) is 0 Å². The third-order valence-electron chi connectivity index (χ3n) is 12.1. The van der Waals surface area contributed by atoms with E-state index in [1.54, 1.807) is 22.8 Å². The van der Waals surface area contributed by atoms with E-state index in [1.165, 1.54) is 0 Å². The molecule has 0 aliphatic rings. The summed E-state index contributed by atoms with van der Waals surface area (Å²) in [5, 5.41) is 4.38. The summed E-state index contributed by atoms with van der Waals surface area (Å²) in [7, 11) is 0. The van der Waals surface area contributed by atoms with Gasteiger partial charge in [0.25, 0.3) is 0 Å². The highest BCUT2D eigenvalue weighted by molar-refractivity contribution is 7.20. The van der Waals surface area contributed by atoms with Crippen molar-refractivity contribution < 1.29 is 119 Å². The topological polar surface area (TPSA) is 78.9 Å². The summed E-state index contributed by atoms with van der Waals surface area (Å²) in [6.45, 7) is 0.00529. The van der Waals surface area contributed by atoms with Crippen LogP contribution in [0.3, 0.4) is 0 Å². The number of ketones is 1. The largest absolute Gasteiger partial charge is 0.438 e. The molecule has 0 saturated heterocycles. The van der Waals surface area contributed by atoms with Crippen LogP contribution in [0.15, 0.2) is 145 Å². The second-order valence-corrected chi connectivity index (χ2v) is 17.3. The van der Waals surface area contributed by atoms with Gasteiger partial charge in [-0.3, -0.25) is 4.79 Å². The normalized spacial score (nSPS) is 13.1. The van der Waals surface area contributed by atoms with E-state index in [0.29, 0.717) is 11.4 Å². The third-order valence-corrected chi connectivity index (χ3v) is 12.1. The minimum atomic E-state index is -6.13. The Morgan fingerprint density at radius 3 is 1.01 bits per heavy atom. The van der Waals surface area contributed by atoms with Crippen LogP contribution in [-0.2, 0) is 56.0 Å². The van der Waals surface area contributed by atoms with Gasteiger partial charge in [-0.15, -0.1) is 0 Å². The number of carbonyl (C=O) groups excluding carboxylic acids is 1. The number of alkyl halides is 24. The molecule has 430 valence electrons. The van der Waals surface area contributed by atoms with Gasteiger partial charge in [-0.2, -0.15) is 132 Å². The zero-order valence-electron chi connectivity index (χ0n) is 39.4. The number of nitrogens with zero attached hydrogens (tertiary/aromatic N) is 4. The molecule has 81 heavy (non-hydrogen) atoms. The van der Waals surface area contributed by atoms with Crippen molar-refractivity contribution in [2.45, 2.75) is 56.0 Å². The quantitative estimate of drug-likeness (QED) is 0.0260. The Balaban J connectivity index is 0.000000363. The number of halogens is 24. The van der Waals surface area contributed by atoms with Gasteiger partial charge in [0.2, 0.25) is 17.8 Å². The number of carbonyl (C=O) groups is 1. The van der Waals surface area contributed by atoms with Gasteiger partial charge in [0.05, 0.1) is 50.6 Å². The highest BCUT2D eigenvalue weighted by Crippen LogP contribution is 2.41. The van der Waals surface area contributed by atoms with E-state index < -0.39 is 195 Å². The zero-order valence-corrected chi connectivity index (χ0v) is 39.4. The molecule has 0 fully saturated rings. The van der Waals surface area contributed by atoms with Crippen LogP contribution in [-0.4, -0.2) is 18.7 Å². The fourth-order valence-corrected chi connectivity index (χ4v) is 8.58. The molecule has 0 atom stereocenters. The number of hydrogen-bond donors (Lipinski definition) is 0. The summed E-state index contributed by atoms with van der Waals surface area (Å²) in [5.74, 6) is 0.455. The monoisotopic (exact) mass is 1180 g/mol. The molecule has 31 heteroatoms. The molecule has 0 N–H and O–H groups in total. The van der Waals surface area contributed by atoms with Crippen LogP contribution in [0.1, 0.15) is 54.9 Å². The molecule has 0 unspecified atom stereocenters. The lowest BCUT2D eigenvalue weighted by molar-refractivity contribution is -0.663.